The van der Waals surface area contributed by atoms with Crippen LogP contribution in [0, 0.1) is 5.92 Å². The molecule has 2 heteroatoms. The first-order valence-electron chi connectivity index (χ1n) is 7.49. The number of rotatable bonds is 3. The number of benzene rings is 1. The minimum atomic E-state index is -0.125. The molecule has 1 aromatic rings. The summed E-state index contributed by atoms with van der Waals surface area (Å²) in [5.74, 6) is 0.565. The van der Waals surface area contributed by atoms with E-state index in [2.05, 4.69) is 42.5 Å². The molecule has 1 amide bonds. The first-order chi connectivity index (χ1) is 9.74. The highest BCUT2D eigenvalue weighted by Gasteiger charge is 2.25. The van der Waals surface area contributed by atoms with Gasteiger partial charge in [-0.2, -0.15) is 0 Å². The van der Waals surface area contributed by atoms with Crippen LogP contribution in [0.25, 0.3) is 5.57 Å². The van der Waals surface area contributed by atoms with Crippen molar-refractivity contribution in [3.8, 4) is 0 Å². The molecule has 2 nitrogen and oxygen atoms in total. The molecule has 0 unspecified atom stereocenters. The highest BCUT2D eigenvalue weighted by atomic mass is 16.1. The summed E-state index contributed by atoms with van der Waals surface area (Å²) in [6.45, 7) is 0. The SMILES string of the molecule is NC(=O)C1CCC(c2ccc(C3=CC=CC3)cc2)CC1. The molecule has 0 radical (unpaired) electrons. The molecule has 104 valence electrons. The van der Waals surface area contributed by atoms with Crippen LogP contribution in [0.2, 0.25) is 0 Å². The Morgan fingerprint density at radius 2 is 1.75 bits per heavy atom. The molecule has 1 saturated carbocycles. The van der Waals surface area contributed by atoms with Gasteiger partial charge in [0, 0.05) is 5.92 Å². The molecule has 3 rings (SSSR count). The predicted molar refractivity (Wildman–Crippen MR) is 82.1 cm³/mol. The molecule has 1 aromatic carbocycles. The average molecular weight is 267 g/mol. The van der Waals surface area contributed by atoms with E-state index in [-0.39, 0.29) is 11.8 Å². The first-order valence-corrected chi connectivity index (χ1v) is 7.49. The molecular weight excluding hydrogens is 246 g/mol. The van der Waals surface area contributed by atoms with Crippen LogP contribution < -0.4 is 5.73 Å². The summed E-state index contributed by atoms with van der Waals surface area (Å²) in [6.07, 6.45) is 11.6. The normalized spacial score (nSPS) is 25.5. The molecule has 0 aromatic heterocycles. The Balaban J connectivity index is 1.65. The number of hydrogen-bond donors (Lipinski definition) is 1. The average Bonchev–Trinajstić information content (AvgIpc) is 3.02. The van der Waals surface area contributed by atoms with Crippen LogP contribution in [0.15, 0.2) is 42.5 Å². The topological polar surface area (TPSA) is 43.1 Å². The second-order valence-electron chi connectivity index (χ2n) is 5.90. The van der Waals surface area contributed by atoms with Gasteiger partial charge in [0.15, 0.2) is 0 Å². The van der Waals surface area contributed by atoms with Crippen molar-refractivity contribution in [2.45, 2.75) is 38.0 Å². The van der Waals surface area contributed by atoms with Crippen molar-refractivity contribution in [2.24, 2.45) is 11.7 Å². The molecule has 2 N–H and O–H groups in total. The lowest BCUT2D eigenvalue weighted by Gasteiger charge is -2.27. The Hall–Kier alpha value is -1.83. The minimum absolute atomic E-state index is 0.0974. The van der Waals surface area contributed by atoms with E-state index in [0.717, 1.165) is 32.1 Å². The molecule has 0 atom stereocenters. The molecule has 2 aliphatic rings. The van der Waals surface area contributed by atoms with Crippen molar-refractivity contribution in [2.75, 3.05) is 0 Å². The van der Waals surface area contributed by atoms with E-state index in [9.17, 15) is 4.79 Å². The van der Waals surface area contributed by atoms with Gasteiger partial charge in [0.05, 0.1) is 0 Å². The number of carbonyl (C=O) groups is 1. The van der Waals surface area contributed by atoms with Gasteiger partial charge in [-0.05, 0) is 54.7 Å². The van der Waals surface area contributed by atoms with Gasteiger partial charge in [0.2, 0.25) is 5.91 Å². The second kappa shape index (κ2) is 5.66. The maximum absolute atomic E-state index is 11.2. The van der Waals surface area contributed by atoms with Crippen LogP contribution in [0.5, 0.6) is 0 Å². The summed E-state index contributed by atoms with van der Waals surface area (Å²) in [5.41, 5.74) is 9.52. The third kappa shape index (κ3) is 2.69. The van der Waals surface area contributed by atoms with Gasteiger partial charge in [-0.1, -0.05) is 42.5 Å². The van der Waals surface area contributed by atoms with E-state index in [4.69, 9.17) is 5.73 Å². The molecule has 0 aliphatic heterocycles. The lowest BCUT2D eigenvalue weighted by Crippen LogP contribution is -2.27. The zero-order chi connectivity index (χ0) is 13.9. The van der Waals surface area contributed by atoms with E-state index in [1.54, 1.807) is 0 Å². The summed E-state index contributed by atoms with van der Waals surface area (Å²) in [7, 11) is 0. The fraction of sp³-hybridized carbons (Fsp3) is 0.389. The second-order valence-corrected chi connectivity index (χ2v) is 5.90. The maximum Gasteiger partial charge on any atom is 0.220 e. The van der Waals surface area contributed by atoms with Crippen molar-refractivity contribution in [3.05, 3.63) is 53.6 Å². The standard InChI is InChI=1S/C18H21NO/c19-18(20)17-11-9-16(10-12-17)15-7-5-14(6-8-15)13-3-1-2-4-13/h1-3,5-8,16-17H,4,9-12H2,(H2,19,20). The summed E-state index contributed by atoms with van der Waals surface area (Å²) in [4.78, 5) is 11.2. The summed E-state index contributed by atoms with van der Waals surface area (Å²) < 4.78 is 0. The quantitative estimate of drug-likeness (QED) is 0.889. The van der Waals surface area contributed by atoms with Gasteiger partial charge in [0.25, 0.3) is 0 Å². The number of amides is 1. The van der Waals surface area contributed by atoms with E-state index in [0.29, 0.717) is 5.92 Å². The Labute approximate surface area is 120 Å². The van der Waals surface area contributed by atoms with Gasteiger partial charge < -0.3 is 5.73 Å². The maximum atomic E-state index is 11.2. The highest BCUT2D eigenvalue weighted by Crippen LogP contribution is 2.36. The fourth-order valence-corrected chi connectivity index (χ4v) is 3.34. The van der Waals surface area contributed by atoms with Crippen LogP contribution in [-0.4, -0.2) is 5.91 Å². The molecule has 0 heterocycles. The minimum Gasteiger partial charge on any atom is -0.369 e. The van der Waals surface area contributed by atoms with Crippen molar-refractivity contribution in [1.82, 2.24) is 0 Å². The summed E-state index contributed by atoms with van der Waals surface area (Å²) in [6, 6.07) is 8.97. The molecular formula is C18H21NO. The first kappa shape index (κ1) is 13.2. The van der Waals surface area contributed by atoms with Crippen LogP contribution in [0.4, 0.5) is 0 Å². The number of primary amides is 1. The van der Waals surface area contributed by atoms with Crippen molar-refractivity contribution in [1.29, 1.82) is 0 Å². The molecule has 0 saturated heterocycles. The van der Waals surface area contributed by atoms with Gasteiger partial charge in [-0.15, -0.1) is 0 Å². The van der Waals surface area contributed by atoms with E-state index in [1.165, 1.54) is 16.7 Å². The number of hydrogen-bond acceptors (Lipinski definition) is 1. The Morgan fingerprint density at radius 1 is 1.05 bits per heavy atom. The Kier molecular flexibility index (Phi) is 3.72. The van der Waals surface area contributed by atoms with E-state index >= 15 is 0 Å². The van der Waals surface area contributed by atoms with Crippen LogP contribution in [0.1, 0.15) is 49.1 Å². The van der Waals surface area contributed by atoms with Gasteiger partial charge >= 0.3 is 0 Å². The van der Waals surface area contributed by atoms with Crippen LogP contribution in [-0.2, 0) is 4.79 Å². The molecule has 0 bridgehead atoms. The van der Waals surface area contributed by atoms with E-state index < -0.39 is 0 Å². The molecule has 1 fully saturated rings. The van der Waals surface area contributed by atoms with Crippen molar-refractivity contribution in [3.63, 3.8) is 0 Å². The third-order valence-electron chi connectivity index (χ3n) is 4.65. The molecule has 0 spiro atoms. The lowest BCUT2D eigenvalue weighted by atomic mass is 9.78. The largest absolute Gasteiger partial charge is 0.369 e. The Morgan fingerprint density at radius 3 is 2.30 bits per heavy atom. The third-order valence-corrected chi connectivity index (χ3v) is 4.65. The van der Waals surface area contributed by atoms with Crippen LogP contribution in [0.3, 0.4) is 0 Å². The van der Waals surface area contributed by atoms with Gasteiger partial charge in [0.1, 0.15) is 0 Å². The number of allylic oxidation sites excluding steroid dienone is 4. The highest BCUT2D eigenvalue weighted by molar-refractivity contribution is 5.76. The molecule has 20 heavy (non-hydrogen) atoms. The van der Waals surface area contributed by atoms with Crippen molar-refractivity contribution >= 4 is 11.5 Å². The molecule has 2 aliphatic carbocycles. The zero-order valence-electron chi connectivity index (χ0n) is 11.7. The van der Waals surface area contributed by atoms with E-state index in [1.807, 2.05) is 0 Å². The van der Waals surface area contributed by atoms with Gasteiger partial charge in [-0.3, -0.25) is 4.79 Å². The monoisotopic (exact) mass is 267 g/mol. The number of carbonyl (C=O) groups excluding carboxylic acids is 1. The smallest absolute Gasteiger partial charge is 0.220 e. The van der Waals surface area contributed by atoms with Crippen molar-refractivity contribution < 1.29 is 4.79 Å². The summed E-state index contributed by atoms with van der Waals surface area (Å²) >= 11 is 0. The number of nitrogens with two attached hydrogens (primary N) is 1. The van der Waals surface area contributed by atoms with Gasteiger partial charge in [-0.25, -0.2) is 0 Å². The Bertz CT molecular complexity index is 545. The zero-order valence-corrected chi connectivity index (χ0v) is 11.7. The summed E-state index contributed by atoms with van der Waals surface area (Å²) in [5, 5.41) is 0. The predicted octanol–water partition coefficient (Wildman–Crippen LogP) is 3.79. The fourth-order valence-electron chi connectivity index (χ4n) is 3.34. The van der Waals surface area contributed by atoms with Crippen LogP contribution >= 0.6 is 0 Å². The lowest BCUT2D eigenvalue weighted by molar-refractivity contribution is -0.122.